The molecule has 2 atom stereocenters. The molecular formula is C15H17ClN2. The highest BCUT2D eigenvalue weighted by atomic mass is 35.5. The minimum atomic E-state index is 0.567. The van der Waals surface area contributed by atoms with Crippen LogP contribution < -0.4 is 5.32 Å². The fraction of sp³-hybridized carbons (Fsp3) is 0.400. The van der Waals surface area contributed by atoms with E-state index in [0.717, 1.165) is 29.5 Å². The van der Waals surface area contributed by atoms with Gasteiger partial charge in [-0.2, -0.15) is 0 Å². The SMILES string of the molecule is CC1CNCC(c2ccc(Cl)c3ncccc23)C1. The summed E-state index contributed by atoms with van der Waals surface area (Å²) in [6.45, 7) is 4.48. The van der Waals surface area contributed by atoms with Crippen LogP contribution in [0.1, 0.15) is 24.8 Å². The van der Waals surface area contributed by atoms with Crippen molar-refractivity contribution in [2.45, 2.75) is 19.3 Å². The maximum absolute atomic E-state index is 6.22. The second kappa shape index (κ2) is 4.87. The lowest BCUT2D eigenvalue weighted by Gasteiger charge is -2.28. The molecule has 0 aliphatic carbocycles. The lowest BCUT2D eigenvalue weighted by molar-refractivity contribution is 0.365. The number of pyridine rings is 1. The van der Waals surface area contributed by atoms with E-state index in [0.29, 0.717) is 5.92 Å². The zero-order valence-corrected chi connectivity index (χ0v) is 11.2. The lowest BCUT2D eigenvalue weighted by Crippen LogP contribution is -2.33. The van der Waals surface area contributed by atoms with Crippen LogP contribution in [0.25, 0.3) is 10.9 Å². The van der Waals surface area contributed by atoms with Crippen LogP contribution in [-0.4, -0.2) is 18.1 Å². The molecule has 2 aromatic rings. The van der Waals surface area contributed by atoms with Crippen molar-refractivity contribution in [2.75, 3.05) is 13.1 Å². The highest BCUT2D eigenvalue weighted by Gasteiger charge is 2.22. The van der Waals surface area contributed by atoms with Crippen molar-refractivity contribution in [1.29, 1.82) is 0 Å². The van der Waals surface area contributed by atoms with Crippen LogP contribution in [0.4, 0.5) is 0 Å². The second-order valence-electron chi connectivity index (χ2n) is 5.23. The van der Waals surface area contributed by atoms with Gasteiger partial charge < -0.3 is 5.32 Å². The summed E-state index contributed by atoms with van der Waals surface area (Å²) in [5.41, 5.74) is 2.30. The Hall–Kier alpha value is -1.12. The van der Waals surface area contributed by atoms with Gasteiger partial charge in [0, 0.05) is 18.1 Å². The van der Waals surface area contributed by atoms with Gasteiger partial charge in [0.05, 0.1) is 10.5 Å². The number of halogens is 1. The molecule has 1 aliphatic rings. The maximum Gasteiger partial charge on any atom is 0.0890 e. The predicted octanol–water partition coefficient (Wildman–Crippen LogP) is 3.60. The van der Waals surface area contributed by atoms with E-state index in [4.69, 9.17) is 11.6 Å². The summed E-state index contributed by atoms with van der Waals surface area (Å²) >= 11 is 6.22. The van der Waals surface area contributed by atoms with E-state index < -0.39 is 0 Å². The smallest absolute Gasteiger partial charge is 0.0890 e. The first-order valence-corrected chi connectivity index (χ1v) is 6.87. The van der Waals surface area contributed by atoms with Crippen LogP contribution in [-0.2, 0) is 0 Å². The molecule has 0 spiro atoms. The minimum absolute atomic E-state index is 0.567. The fourth-order valence-corrected chi connectivity index (χ4v) is 3.12. The molecule has 2 unspecified atom stereocenters. The van der Waals surface area contributed by atoms with Gasteiger partial charge in [0.2, 0.25) is 0 Å². The molecule has 1 saturated heterocycles. The third-order valence-electron chi connectivity index (χ3n) is 3.76. The van der Waals surface area contributed by atoms with Gasteiger partial charge in [-0.25, -0.2) is 0 Å². The molecule has 3 heteroatoms. The third-order valence-corrected chi connectivity index (χ3v) is 4.07. The molecule has 1 N–H and O–H groups in total. The summed E-state index contributed by atoms with van der Waals surface area (Å²) < 4.78 is 0. The van der Waals surface area contributed by atoms with Crippen LogP contribution in [0.15, 0.2) is 30.5 Å². The monoisotopic (exact) mass is 260 g/mol. The fourth-order valence-electron chi connectivity index (χ4n) is 2.91. The zero-order valence-electron chi connectivity index (χ0n) is 10.5. The van der Waals surface area contributed by atoms with Gasteiger partial charge in [-0.1, -0.05) is 30.7 Å². The summed E-state index contributed by atoms with van der Waals surface area (Å²) in [6.07, 6.45) is 3.04. The average Bonchev–Trinajstić information content (AvgIpc) is 2.39. The highest BCUT2D eigenvalue weighted by molar-refractivity contribution is 6.35. The normalized spacial score (nSPS) is 24.3. The van der Waals surface area contributed by atoms with Gasteiger partial charge in [-0.05, 0) is 42.5 Å². The molecule has 0 radical (unpaired) electrons. The highest BCUT2D eigenvalue weighted by Crippen LogP contribution is 2.33. The molecule has 2 heterocycles. The molecule has 1 fully saturated rings. The first-order chi connectivity index (χ1) is 8.75. The number of aromatic nitrogens is 1. The van der Waals surface area contributed by atoms with E-state index in [1.807, 2.05) is 12.1 Å². The zero-order chi connectivity index (χ0) is 12.5. The molecule has 2 nitrogen and oxygen atoms in total. The van der Waals surface area contributed by atoms with E-state index in [2.05, 4.69) is 29.4 Å². The van der Waals surface area contributed by atoms with Gasteiger partial charge in [0.25, 0.3) is 0 Å². The van der Waals surface area contributed by atoms with Gasteiger partial charge in [0.1, 0.15) is 0 Å². The van der Waals surface area contributed by atoms with Crippen molar-refractivity contribution < 1.29 is 0 Å². The van der Waals surface area contributed by atoms with Gasteiger partial charge in [0.15, 0.2) is 0 Å². The molecule has 0 saturated carbocycles. The van der Waals surface area contributed by atoms with Crippen LogP contribution >= 0.6 is 11.6 Å². The summed E-state index contributed by atoms with van der Waals surface area (Å²) in [7, 11) is 0. The van der Waals surface area contributed by atoms with E-state index in [1.165, 1.54) is 17.4 Å². The first kappa shape index (κ1) is 11.9. The summed E-state index contributed by atoms with van der Waals surface area (Å²) in [6, 6.07) is 8.26. The van der Waals surface area contributed by atoms with Crippen molar-refractivity contribution in [1.82, 2.24) is 10.3 Å². The van der Waals surface area contributed by atoms with Crippen molar-refractivity contribution in [3.8, 4) is 0 Å². The van der Waals surface area contributed by atoms with Gasteiger partial charge in [-0.3, -0.25) is 4.98 Å². The number of nitrogens with zero attached hydrogens (tertiary/aromatic N) is 1. The molecule has 3 rings (SSSR count). The number of nitrogens with one attached hydrogen (secondary N) is 1. The molecule has 1 aromatic carbocycles. The van der Waals surface area contributed by atoms with E-state index in [9.17, 15) is 0 Å². The summed E-state index contributed by atoms with van der Waals surface area (Å²) in [5, 5.41) is 5.45. The predicted molar refractivity (Wildman–Crippen MR) is 76.1 cm³/mol. The van der Waals surface area contributed by atoms with Crippen molar-refractivity contribution in [3.63, 3.8) is 0 Å². The Morgan fingerprint density at radius 1 is 1.28 bits per heavy atom. The second-order valence-corrected chi connectivity index (χ2v) is 5.64. The molecule has 0 bridgehead atoms. The number of fused-ring (bicyclic) bond motifs is 1. The van der Waals surface area contributed by atoms with E-state index >= 15 is 0 Å². The van der Waals surface area contributed by atoms with Crippen molar-refractivity contribution in [3.05, 3.63) is 41.0 Å². The average molecular weight is 261 g/mol. The Kier molecular flexibility index (Phi) is 3.23. The lowest BCUT2D eigenvalue weighted by atomic mass is 9.85. The Labute approximate surface area is 112 Å². The number of piperidine rings is 1. The summed E-state index contributed by atoms with van der Waals surface area (Å²) in [4.78, 5) is 4.40. The molecule has 18 heavy (non-hydrogen) atoms. The van der Waals surface area contributed by atoms with Crippen LogP contribution in [0.2, 0.25) is 5.02 Å². The number of rotatable bonds is 1. The first-order valence-electron chi connectivity index (χ1n) is 6.49. The van der Waals surface area contributed by atoms with Gasteiger partial charge in [-0.15, -0.1) is 0 Å². The third kappa shape index (κ3) is 2.11. The van der Waals surface area contributed by atoms with Crippen molar-refractivity contribution >= 4 is 22.5 Å². The number of hydrogen-bond donors (Lipinski definition) is 1. The Balaban J connectivity index is 2.09. The Bertz CT molecular complexity index is 567. The molecule has 0 amide bonds. The largest absolute Gasteiger partial charge is 0.316 e. The van der Waals surface area contributed by atoms with E-state index in [1.54, 1.807) is 6.20 Å². The standard InChI is InChI=1S/C15H17ClN2/c1-10-7-11(9-17-8-10)12-4-5-14(16)15-13(12)3-2-6-18-15/h2-6,10-11,17H,7-9H2,1H3. The Morgan fingerprint density at radius 3 is 3.00 bits per heavy atom. The molecule has 1 aromatic heterocycles. The quantitative estimate of drug-likeness (QED) is 0.847. The minimum Gasteiger partial charge on any atom is -0.316 e. The van der Waals surface area contributed by atoms with Crippen LogP contribution in [0.5, 0.6) is 0 Å². The molecule has 1 aliphatic heterocycles. The molecular weight excluding hydrogens is 244 g/mol. The van der Waals surface area contributed by atoms with Gasteiger partial charge >= 0.3 is 0 Å². The topological polar surface area (TPSA) is 24.9 Å². The van der Waals surface area contributed by atoms with Crippen molar-refractivity contribution in [2.24, 2.45) is 5.92 Å². The van der Waals surface area contributed by atoms with Crippen LogP contribution in [0.3, 0.4) is 0 Å². The Morgan fingerprint density at radius 2 is 2.17 bits per heavy atom. The number of hydrogen-bond acceptors (Lipinski definition) is 2. The summed E-state index contributed by atoms with van der Waals surface area (Å²) in [5.74, 6) is 1.30. The maximum atomic E-state index is 6.22. The van der Waals surface area contributed by atoms with Crippen LogP contribution in [0, 0.1) is 5.92 Å². The number of benzene rings is 1. The van der Waals surface area contributed by atoms with E-state index in [-0.39, 0.29) is 0 Å². The molecule has 94 valence electrons.